The number of hydrogen-bond acceptors (Lipinski definition) is 3. The predicted octanol–water partition coefficient (Wildman–Crippen LogP) is 1.17. The zero-order valence-corrected chi connectivity index (χ0v) is 11.7. The molecule has 2 fully saturated rings. The largest absolute Gasteiger partial charge is 0.480 e. The monoisotopic (exact) mass is 286 g/mol. The summed E-state index contributed by atoms with van der Waals surface area (Å²) in [6, 6.07) is 7.44. The van der Waals surface area contributed by atoms with Gasteiger partial charge in [-0.05, 0) is 30.9 Å². The third kappa shape index (κ3) is 1.87. The van der Waals surface area contributed by atoms with Gasteiger partial charge in [0.2, 0.25) is 5.91 Å². The third-order valence-electron chi connectivity index (χ3n) is 5.12. The summed E-state index contributed by atoms with van der Waals surface area (Å²) in [6.07, 6.45) is 3.40. The molecule has 3 aliphatic heterocycles. The Balaban J connectivity index is 1.68. The SMILES string of the molecule is O=C(O)C1Cc2ccccc2N1C(=O)C1CC2CCC1N2. The van der Waals surface area contributed by atoms with Crippen LogP contribution in [0.15, 0.2) is 24.3 Å². The number of fused-ring (bicyclic) bond motifs is 3. The van der Waals surface area contributed by atoms with Gasteiger partial charge in [0.1, 0.15) is 6.04 Å². The van der Waals surface area contributed by atoms with Crippen molar-refractivity contribution in [3.05, 3.63) is 29.8 Å². The van der Waals surface area contributed by atoms with Crippen molar-refractivity contribution >= 4 is 17.6 Å². The molecule has 3 aliphatic rings. The van der Waals surface area contributed by atoms with E-state index in [1.165, 1.54) is 4.90 Å². The normalized spacial score (nSPS) is 33.2. The highest BCUT2D eigenvalue weighted by molar-refractivity contribution is 6.03. The van der Waals surface area contributed by atoms with E-state index in [2.05, 4.69) is 5.32 Å². The van der Waals surface area contributed by atoms with Crippen molar-refractivity contribution < 1.29 is 14.7 Å². The van der Waals surface area contributed by atoms with Crippen LogP contribution in [-0.4, -0.2) is 35.1 Å². The standard InChI is InChI=1S/C16H18N2O3/c19-15(11-8-10-5-6-12(11)17-10)18-13-4-2-1-3-9(13)7-14(18)16(20)21/h1-4,10-12,14,17H,5-8H2,(H,20,21). The molecule has 110 valence electrons. The van der Waals surface area contributed by atoms with Gasteiger partial charge in [0, 0.05) is 24.2 Å². The van der Waals surface area contributed by atoms with Crippen LogP contribution in [0.3, 0.4) is 0 Å². The van der Waals surface area contributed by atoms with Crippen LogP contribution in [0.1, 0.15) is 24.8 Å². The summed E-state index contributed by atoms with van der Waals surface area (Å²) in [4.78, 5) is 26.0. The highest BCUT2D eigenvalue weighted by Crippen LogP contribution is 2.39. The minimum Gasteiger partial charge on any atom is -0.480 e. The molecule has 1 amide bonds. The number of anilines is 1. The second-order valence-corrected chi connectivity index (χ2v) is 6.28. The van der Waals surface area contributed by atoms with Crippen molar-refractivity contribution in [1.29, 1.82) is 0 Å². The summed E-state index contributed by atoms with van der Waals surface area (Å²) >= 11 is 0. The van der Waals surface area contributed by atoms with Gasteiger partial charge >= 0.3 is 5.97 Å². The first-order valence-corrected chi connectivity index (χ1v) is 7.55. The van der Waals surface area contributed by atoms with Gasteiger partial charge in [0.15, 0.2) is 0 Å². The molecule has 1 aromatic carbocycles. The van der Waals surface area contributed by atoms with Gasteiger partial charge in [-0.25, -0.2) is 4.79 Å². The number of aliphatic carboxylic acids is 1. The lowest BCUT2D eigenvalue weighted by molar-refractivity contribution is -0.140. The first-order chi connectivity index (χ1) is 10.1. The van der Waals surface area contributed by atoms with Gasteiger partial charge in [0.25, 0.3) is 0 Å². The summed E-state index contributed by atoms with van der Waals surface area (Å²) in [5.41, 5.74) is 1.73. The van der Waals surface area contributed by atoms with Gasteiger partial charge in [-0.15, -0.1) is 0 Å². The molecule has 1 aromatic rings. The van der Waals surface area contributed by atoms with Crippen molar-refractivity contribution in [2.45, 2.75) is 43.8 Å². The molecule has 5 heteroatoms. The number of benzene rings is 1. The molecule has 0 radical (unpaired) electrons. The molecule has 21 heavy (non-hydrogen) atoms. The van der Waals surface area contributed by atoms with E-state index < -0.39 is 12.0 Å². The average molecular weight is 286 g/mol. The lowest BCUT2D eigenvalue weighted by atomic mass is 9.88. The van der Waals surface area contributed by atoms with Crippen LogP contribution in [-0.2, 0) is 16.0 Å². The zero-order valence-electron chi connectivity index (χ0n) is 11.7. The van der Waals surface area contributed by atoms with Crippen LogP contribution in [0, 0.1) is 5.92 Å². The molecular formula is C16H18N2O3. The Morgan fingerprint density at radius 3 is 2.71 bits per heavy atom. The van der Waals surface area contributed by atoms with Crippen LogP contribution in [0.25, 0.3) is 0 Å². The highest BCUT2D eigenvalue weighted by Gasteiger charge is 2.48. The molecule has 2 bridgehead atoms. The number of carboxylic acid groups (broad SMARTS) is 1. The number of carbonyl (C=O) groups is 2. The highest BCUT2D eigenvalue weighted by atomic mass is 16.4. The van der Waals surface area contributed by atoms with Crippen molar-refractivity contribution in [3.63, 3.8) is 0 Å². The summed E-state index contributed by atoms with van der Waals surface area (Å²) in [5.74, 6) is -1.01. The molecule has 0 spiro atoms. The van der Waals surface area contributed by atoms with Crippen molar-refractivity contribution in [2.75, 3.05) is 4.90 Å². The number of carbonyl (C=O) groups excluding carboxylic acids is 1. The fourth-order valence-corrected chi connectivity index (χ4v) is 4.13. The maximum absolute atomic E-state index is 12.9. The van der Waals surface area contributed by atoms with E-state index in [1.807, 2.05) is 24.3 Å². The predicted molar refractivity (Wildman–Crippen MR) is 77.1 cm³/mol. The van der Waals surface area contributed by atoms with Crippen molar-refractivity contribution in [3.8, 4) is 0 Å². The molecule has 2 N–H and O–H groups in total. The number of para-hydroxylation sites is 1. The topological polar surface area (TPSA) is 69.6 Å². The smallest absolute Gasteiger partial charge is 0.327 e. The summed E-state index contributed by atoms with van der Waals surface area (Å²) < 4.78 is 0. The summed E-state index contributed by atoms with van der Waals surface area (Å²) in [5, 5.41) is 12.9. The Labute approximate surface area is 122 Å². The van der Waals surface area contributed by atoms with Crippen LogP contribution in [0.5, 0.6) is 0 Å². The second-order valence-electron chi connectivity index (χ2n) is 6.28. The minimum absolute atomic E-state index is 0.0212. The van der Waals surface area contributed by atoms with Gasteiger partial charge in [-0.3, -0.25) is 9.69 Å². The fourth-order valence-electron chi connectivity index (χ4n) is 4.13. The van der Waals surface area contributed by atoms with Gasteiger partial charge in [-0.1, -0.05) is 18.2 Å². The Hall–Kier alpha value is -1.88. The van der Waals surface area contributed by atoms with Gasteiger partial charge in [0.05, 0.1) is 5.92 Å². The molecule has 0 saturated carbocycles. The zero-order chi connectivity index (χ0) is 14.6. The first kappa shape index (κ1) is 12.8. The van der Waals surface area contributed by atoms with Gasteiger partial charge < -0.3 is 10.4 Å². The number of carboxylic acids is 1. The van der Waals surface area contributed by atoms with Crippen molar-refractivity contribution in [2.24, 2.45) is 5.92 Å². The summed E-state index contributed by atoms with van der Waals surface area (Å²) in [7, 11) is 0. The quantitative estimate of drug-likeness (QED) is 0.856. The number of amides is 1. The summed E-state index contributed by atoms with van der Waals surface area (Å²) in [6.45, 7) is 0. The van der Waals surface area contributed by atoms with E-state index in [0.29, 0.717) is 12.5 Å². The maximum Gasteiger partial charge on any atom is 0.327 e. The number of hydrogen-bond donors (Lipinski definition) is 2. The van der Waals surface area contributed by atoms with E-state index in [-0.39, 0.29) is 17.9 Å². The van der Waals surface area contributed by atoms with Crippen LogP contribution in [0.4, 0.5) is 5.69 Å². The van der Waals surface area contributed by atoms with E-state index in [4.69, 9.17) is 0 Å². The second kappa shape index (κ2) is 4.56. The molecule has 5 nitrogen and oxygen atoms in total. The Bertz CT molecular complexity index is 615. The van der Waals surface area contributed by atoms with Crippen molar-refractivity contribution in [1.82, 2.24) is 5.32 Å². The van der Waals surface area contributed by atoms with Crippen LogP contribution >= 0.6 is 0 Å². The lowest BCUT2D eigenvalue weighted by Crippen LogP contribution is -2.48. The first-order valence-electron chi connectivity index (χ1n) is 7.55. The molecule has 0 aliphatic carbocycles. The molecule has 3 heterocycles. The molecule has 4 unspecified atom stereocenters. The molecule has 0 aromatic heterocycles. The molecule has 4 atom stereocenters. The third-order valence-corrected chi connectivity index (χ3v) is 5.12. The van der Waals surface area contributed by atoms with E-state index in [1.54, 1.807) is 0 Å². The molecule has 4 rings (SSSR count). The Morgan fingerprint density at radius 2 is 2.05 bits per heavy atom. The molecular weight excluding hydrogens is 268 g/mol. The van der Waals surface area contributed by atoms with Crippen LogP contribution < -0.4 is 10.2 Å². The van der Waals surface area contributed by atoms with Gasteiger partial charge in [-0.2, -0.15) is 0 Å². The number of nitrogens with one attached hydrogen (secondary N) is 1. The fraction of sp³-hybridized carbons (Fsp3) is 0.500. The van der Waals surface area contributed by atoms with E-state index >= 15 is 0 Å². The lowest BCUT2D eigenvalue weighted by Gasteiger charge is -2.28. The maximum atomic E-state index is 12.9. The van der Waals surface area contributed by atoms with Crippen LogP contribution in [0.2, 0.25) is 0 Å². The number of rotatable bonds is 2. The average Bonchev–Trinajstić information content (AvgIpc) is 3.19. The molecule has 2 saturated heterocycles. The van der Waals surface area contributed by atoms with E-state index in [0.717, 1.165) is 30.5 Å². The number of nitrogens with zero attached hydrogens (tertiary/aromatic N) is 1. The Kier molecular flexibility index (Phi) is 2.79. The Morgan fingerprint density at radius 1 is 1.24 bits per heavy atom. The van der Waals surface area contributed by atoms with E-state index in [9.17, 15) is 14.7 Å². The minimum atomic E-state index is -0.921.